The largest absolute Gasteiger partial charge is 0.493 e. The molecule has 1 aliphatic carbocycles. The molecule has 1 aliphatic rings. The average molecular weight is 441 g/mol. The molecule has 162 valence electrons. The topological polar surface area (TPSA) is 78.0 Å². The first-order chi connectivity index (χ1) is 15.0. The van der Waals surface area contributed by atoms with Gasteiger partial charge in [-0.1, -0.05) is 12.1 Å². The van der Waals surface area contributed by atoms with Crippen molar-refractivity contribution in [1.82, 2.24) is 4.98 Å². The summed E-state index contributed by atoms with van der Waals surface area (Å²) in [5.74, 6) is 2.07. The maximum absolute atomic E-state index is 13.1. The molecule has 0 bridgehead atoms. The van der Waals surface area contributed by atoms with E-state index in [4.69, 9.17) is 14.2 Å². The van der Waals surface area contributed by atoms with Crippen LogP contribution in [0, 0.1) is 0 Å². The molecule has 1 fully saturated rings. The van der Waals surface area contributed by atoms with Gasteiger partial charge in [-0.15, -0.1) is 0 Å². The molecule has 0 atom stereocenters. The number of ether oxygens (including phenoxy) is 3. The fourth-order valence-corrected chi connectivity index (χ4v) is 5.08. The lowest BCUT2D eigenvalue weighted by Crippen LogP contribution is -2.33. The first-order valence-corrected chi connectivity index (χ1v) is 11.4. The van der Waals surface area contributed by atoms with E-state index >= 15 is 0 Å². The van der Waals surface area contributed by atoms with Gasteiger partial charge in [-0.2, -0.15) is 0 Å². The molecule has 31 heavy (non-hydrogen) atoms. The highest BCUT2D eigenvalue weighted by Gasteiger charge is 2.40. The van der Waals surface area contributed by atoms with E-state index in [2.05, 4.69) is 4.98 Å². The summed E-state index contributed by atoms with van der Waals surface area (Å²) in [5, 5.41) is -0.321. The van der Waals surface area contributed by atoms with Crippen molar-refractivity contribution >= 4 is 15.7 Å². The summed E-state index contributed by atoms with van der Waals surface area (Å²) in [7, 11) is -0.329. The third-order valence-electron chi connectivity index (χ3n) is 5.03. The van der Waals surface area contributed by atoms with Crippen LogP contribution < -0.4 is 18.5 Å². The molecule has 0 unspecified atom stereocenters. The summed E-state index contributed by atoms with van der Waals surface area (Å²) in [4.78, 5) is 4.10. The number of hydrogen-bond donors (Lipinski definition) is 0. The number of sulfonamides is 1. The van der Waals surface area contributed by atoms with E-state index in [0.29, 0.717) is 41.5 Å². The van der Waals surface area contributed by atoms with E-state index in [0.717, 1.165) is 5.56 Å². The van der Waals surface area contributed by atoms with Crippen LogP contribution in [0.15, 0.2) is 67.0 Å². The Morgan fingerprint density at radius 2 is 1.65 bits per heavy atom. The van der Waals surface area contributed by atoms with Crippen LogP contribution >= 0.6 is 0 Å². The minimum absolute atomic E-state index is 0.229. The molecule has 0 aliphatic heterocycles. The van der Waals surface area contributed by atoms with Gasteiger partial charge < -0.3 is 14.2 Å². The summed E-state index contributed by atoms with van der Waals surface area (Å²) >= 11 is 0. The zero-order valence-corrected chi connectivity index (χ0v) is 18.2. The highest BCUT2D eigenvalue weighted by molar-refractivity contribution is 7.93. The van der Waals surface area contributed by atoms with Gasteiger partial charge in [-0.25, -0.2) is 8.42 Å². The van der Waals surface area contributed by atoms with Crippen LogP contribution in [0.3, 0.4) is 0 Å². The van der Waals surface area contributed by atoms with E-state index in [9.17, 15) is 8.42 Å². The maximum atomic E-state index is 13.1. The van der Waals surface area contributed by atoms with Gasteiger partial charge in [0.1, 0.15) is 5.75 Å². The first-order valence-electron chi connectivity index (χ1n) is 9.92. The summed E-state index contributed by atoms with van der Waals surface area (Å²) in [6.07, 6.45) is 4.74. The SMILES string of the molecule is COc1cccc(OC)c1Oc1ccc(N(Cc2cccnc2)S(=O)(=O)C2CC2)cc1. The lowest BCUT2D eigenvalue weighted by molar-refractivity contribution is 0.346. The van der Waals surface area contributed by atoms with Crippen LogP contribution in [-0.4, -0.2) is 32.9 Å². The Morgan fingerprint density at radius 1 is 0.968 bits per heavy atom. The number of nitrogens with zero attached hydrogens (tertiary/aromatic N) is 2. The summed E-state index contributed by atoms with van der Waals surface area (Å²) in [5.41, 5.74) is 1.40. The van der Waals surface area contributed by atoms with Gasteiger partial charge in [0.05, 0.1) is 31.7 Å². The Morgan fingerprint density at radius 3 is 2.19 bits per heavy atom. The van der Waals surface area contributed by atoms with Crippen molar-refractivity contribution in [2.75, 3.05) is 18.5 Å². The highest BCUT2D eigenvalue weighted by atomic mass is 32.2. The highest BCUT2D eigenvalue weighted by Crippen LogP contribution is 2.41. The standard InChI is InChI=1S/C23H24N2O5S/c1-28-21-6-3-7-22(29-2)23(21)30-19-10-8-18(9-11-19)25(31(26,27)20-12-13-20)16-17-5-4-14-24-15-17/h3-11,14-15,20H,12-13,16H2,1-2H3. The predicted octanol–water partition coefficient (Wildman–Crippen LogP) is 4.39. The molecule has 2 aromatic carbocycles. The van der Waals surface area contributed by atoms with Crippen LogP contribution in [0.5, 0.6) is 23.0 Å². The zero-order valence-electron chi connectivity index (χ0n) is 17.4. The predicted molar refractivity (Wildman–Crippen MR) is 118 cm³/mol. The summed E-state index contributed by atoms with van der Waals surface area (Å²) in [6.45, 7) is 0.229. The molecular formula is C23H24N2O5S. The quantitative estimate of drug-likeness (QED) is 0.491. The van der Waals surface area contributed by atoms with Crippen LogP contribution in [0.4, 0.5) is 5.69 Å². The summed E-state index contributed by atoms with van der Waals surface area (Å²) < 4.78 is 44.3. The average Bonchev–Trinajstić information content (AvgIpc) is 3.65. The Hall–Kier alpha value is -3.26. The Bertz CT molecular complexity index is 1110. The molecule has 0 spiro atoms. The fraction of sp³-hybridized carbons (Fsp3) is 0.261. The molecule has 1 aromatic heterocycles. The van der Waals surface area contributed by atoms with Gasteiger partial charge in [0, 0.05) is 12.4 Å². The molecule has 7 nitrogen and oxygen atoms in total. The second kappa shape index (κ2) is 8.85. The number of pyridine rings is 1. The van der Waals surface area contributed by atoms with Gasteiger partial charge in [0.2, 0.25) is 15.8 Å². The van der Waals surface area contributed by atoms with E-state index in [1.807, 2.05) is 12.1 Å². The fourth-order valence-electron chi connectivity index (χ4n) is 3.25. The first kappa shape index (κ1) is 21.0. The number of benzene rings is 2. The Labute approximate surface area is 182 Å². The van der Waals surface area contributed by atoms with E-state index in [-0.39, 0.29) is 11.8 Å². The molecule has 3 aromatic rings. The molecule has 0 N–H and O–H groups in total. The van der Waals surface area contributed by atoms with Gasteiger partial charge in [-0.05, 0) is 60.9 Å². The molecule has 1 heterocycles. The molecule has 8 heteroatoms. The normalized spacial score (nSPS) is 13.5. The Balaban J connectivity index is 1.62. The van der Waals surface area contributed by atoms with Gasteiger partial charge in [0.25, 0.3) is 0 Å². The minimum Gasteiger partial charge on any atom is -0.493 e. The van der Waals surface area contributed by atoms with E-state index < -0.39 is 10.0 Å². The number of anilines is 1. The lowest BCUT2D eigenvalue weighted by atomic mass is 10.2. The molecule has 0 saturated heterocycles. The van der Waals surface area contributed by atoms with E-state index in [1.165, 1.54) is 4.31 Å². The Kier molecular flexibility index (Phi) is 5.99. The van der Waals surface area contributed by atoms with Crippen LogP contribution in [-0.2, 0) is 16.6 Å². The van der Waals surface area contributed by atoms with Crippen molar-refractivity contribution in [3.8, 4) is 23.0 Å². The number of rotatable bonds is 9. The van der Waals surface area contributed by atoms with Gasteiger partial charge >= 0.3 is 0 Å². The van der Waals surface area contributed by atoms with Crippen LogP contribution in [0.25, 0.3) is 0 Å². The van der Waals surface area contributed by atoms with Crippen LogP contribution in [0.2, 0.25) is 0 Å². The van der Waals surface area contributed by atoms with Crippen LogP contribution in [0.1, 0.15) is 18.4 Å². The molecule has 0 radical (unpaired) electrons. The van der Waals surface area contributed by atoms with Gasteiger partial charge in [0.15, 0.2) is 11.5 Å². The van der Waals surface area contributed by atoms with Crippen molar-refractivity contribution in [2.24, 2.45) is 0 Å². The van der Waals surface area contributed by atoms with Gasteiger partial charge in [-0.3, -0.25) is 9.29 Å². The minimum atomic E-state index is -3.45. The second-order valence-corrected chi connectivity index (χ2v) is 9.34. The van der Waals surface area contributed by atoms with E-state index in [1.54, 1.807) is 69.1 Å². The van der Waals surface area contributed by atoms with Crippen molar-refractivity contribution in [1.29, 1.82) is 0 Å². The second-order valence-electron chi connectivity index (χ2n) is 7.20. The zero-order chi connectivity index (χ0) is 21.8. The lowest BCUT2D eigenvalue weighted by Gasteiger charge is -2.25. The number of methoxy groups -OCH3 is 2. The smallest absolute Gasteiger partial charge is 0.238 e. The molecule has 4 rings (SSSR count). The molecular weight excluding hydrogens is 416 g/mol. The molecule has 0 amide bonds. The number of para-hydroxylation sites is 1. The van der Waals surface area contributed by atoms with Crippen molar-refractivity contribution in [2.45, 2.75) is 24.6 Å². The number of aromatic nitrogens is 1. The monoisotopic (exact) mass is 440 g/mol. The van der Waals surface area contributed by atoms with Crippen molar-refractivity contribution in [3.63, 3.8) is 0 Å². The van der Waals surface area contributed by atoms with Crippen molar-refractivity contribution < 1.29 is 22.6 Å². The third kappa shape index (κ3) is 4.59. The number of hydrogen-bond acceptors (Lipinski definition) is 6. The third-order valence-corrected chi connectivity index (χ3v) is 7.30. The summed E-state index contributed by atoms with van der Waals surface area (Å²) in [6, 6.07) is 16.0. The maximum Gasteiger partial charge on any atom is 0.238 e. The molecule has 1 saturated carbocycles. The van der Waals surface area contributed by atoms with Crippen molar-refractivity contribution in [3.05, 3.63) is 72.6 Å².